The summed E-state index contributed by atoms with van der Waals surface area (Å²) in [5.41, 5.74) is 7.21. The van der Waals surface area contributed by atoms with Crippen LogP contribution >= 0.6 is 15.9 Å². The Balaban J connectivity index is 2.58. The SMILES string of the molecule is Cc1cc(N)c(NC(=O)COCC(F)(F)F)c(Br)c1. The summed E-state index contributed by atoms with van der Waals surface area (Å²) in [4.78, 5) is 11.4. The first-order valence-electron chi connectivity index (χ1n) is 5.19. The molecule has 0 aliphatic rings. The maximum Gasteiger partial charge on any atom is 0.411 e. The fourth-order valence-corrected chi connectivity index (χ4v) is 2.03. The van der Waals surface area contributed by atoms with Gasteiger partial charge in [-0.05, 0) is 40.5 Å². The zero-order valence-electron chi connectivity index (χ0n) is 9.97. The molecule has 1 aromatic rings. The number of nitrogen functional groups attached to an aromatic ring is 1. The summed E-state index contributed by atoms with van der Waals surface area (Å²) in [7, 11) is 0. The molecule has 3 N–H and O–H groups in total. The Hall–Kier alpha value is -1.28. The van der Waals surface area contributed by atoms with Crippen molar-refractivity contribution >= 4 is 33.2 Å². The predicted octanol–water partition coefficient (Wildman–Crippen LogP) is 2.86. The Bertz CT molecular complexity index is 454. The summed E-state index contributed by atoms with van der Waals surface area (Å²) in [6.07, 6.45) is -4.45. The van der Waals surface area contributed by atoms with Crippen LogP contribution in [0.1, 0.15) is 5.56 Å². The molecule has 0 aliphatic heterocycles. The number of alkyl halides is 3. The molecule has 0 fully saturated rings. The monoisotopic (exact) mass is 340 g/mol. The van der Waals surface area contributed by atoms with E-state index in [1.54, 1.807) is 12.1 Å². The number of carbonyl (C=O) groups excluding carboxylic acids is 1. The zero-order chi connectivity index (χ0) is 14.6. The van der Waals surface area contributed by atoms with Crippen LogP contribution in [-0.4, -0.2) is 25.3 Å². The smallest absolute Gasteiger partial charge is 0.397 e. The van der Waals surface area contributed by atoms with Crippen molar-refractivity contribution in [2.24, 2.45) is 0 Å². The average molecular weight is 341 g/mol. The molecule has 106 valence electrons. The molecule has 0 aliphatic carbocycles. The first-order chi connectivity index (χ1) is 8.69. The average Bonchev–Trinajstić information content (AvgIpc) is 2.21. The third kappa shape index (κ3) is 5.48. The van der Waals surface area contributed by atoms with Gasteiger partial charge in [-0.25, -0.2) is 0 Å². The van der Waals surface area contributed by atoms with Gasteiger partial charge in [-0.1, -0.05) is 0 Å². The Kier molecular flexibility index (Phi) is 5.19. The standard InChI is InChI=1S/C11H12BrF3N2O2/c1-6-2-7(12)10(8(16)3-6)17-9(18)4-19-5-11(13,14)15/h2-3H,4-5,16H2,1H3,(H,17,18). The molecule has 1 aromatic carbocycles. The maximum absolute atomic E-state index is 11.8. The van der Waals surface area contributed by atoms with Gasteiger partial charge in [0, 0.05) is 4.47 Å². The predicted molar refractivity (Wildman–Crippen MR) is 68.8 cm³/mol. The Morgan fingerprint density at radius 1 is 1.47 bits per heavy atom. The molecule has 0 spiro atoms. The fraction of sp³-hybridized carbons (Fsp3) is 0.364. The molecule has 0 atom stereocenters. The number of anilines is 2. The number of carbonyl (C=O) groups is 1. The van der Waals surface area contributed by atoms with Gasteiger partial charge in [0.25, 0.3) is 0 Å². The first-order valence-corrected chi connectivity index (χ1v) is 5.98. The second-order valence-corrected chi connectivity index (χ2v) is 4.72. The molecule has 4 nitrogen and oxygen atoms in total. The van der Waals surface area contributed by atoms with Crippen LogP contribution in [0.3, 0.4) is 0 Å². The highest BCUT2D eigenvalue weighted by atomic mass is 79.9. The number of rotatable bonds is 4. The topological polar surface area (TPSA) is 64.3 Å². The molecule has 0 radical (unpaired) electrons. The van der Waals surface area contributed by atoms with E-state index in [0.717, 1.165) is 5.56 Å². The molecule has 19 heavy (non-hydrogen) atoms. The molecule has 1 amide bonds. The summed E-state index contributed by atoms with van der Waals surface area (Å²) in [6, 6.07) is 3.36. The van der Waals surface area contributed by atoms with Gasteiger partial charge >= 0.3 is 6.18 Å². The Labute approximate surface area is 116 Å². The van der Waals surface area contributed by atoms with Gasteiger partial charge < -0.3 is 15.8 Å². The lowest BCUT2D eigenvalue weighted by Gasteiger charge is -2.12. The number of nitrogens with one attached hydrogen (secondary N) is 1. The van der Waals surface area contributed by atoms with E-state index >= 15 is 0 Å². The van der Waals surface area contributed by atoms with Crippen LogP contribution in [0.4, 0.5) is 24.5 Å². The van der Waals surface area contributed by atoms with E-state index in [0.29, 0.717) is 15.8 Å². The second kappa shape index (κ2) is 6.25. The number of benzene rings is 1. The third-order valence-electron chi connectivity index (χ3n) is 2.03. The van der Waals surface area contributed by atoms with Crippen molar-refractivity contribution in [1.82, 2.24) is 0 Å². The van der Waals surface area contributed by atoms with E-state index in [2.05, 4.69) is 26.0 Å². The molecule has 0 aromatic heterocycles. The molecule has 0 heterocycles. The molecule has 0 saturated carbocycles. The van der Waals surface area contributed by atoms with Crippen LogP contribution in [0.25, 0.3) is 0 Å². The first kappa shape index (κ1) is 15.8. The van der Waals surface area contributed by atoms with Crippen LogP contribution in [0.15, 0.2) is 16.6 Å². The Morgan fingerprint density at radius 2 is 2.11 bits per heavy atom. The minimum atomic E-state index is -4.45. The molecule has 0 saturated heterocycles. The number of ether oxygens (including phenoxy) is 1. The normalized spacial score (nSPS) is 11.4. The van der Waals surface area contributed by atoms with Gasteiger partial charge in [0.2, 0.25) is 5.91 Å². The van der Waals surface area contributed by atoms with E-state index in [1.165, 1.54) is 0 Å². The van der Waals surface area contributed by atoms with Crippen molar-refractivity contribution in [2.75, 3.05) is 24.3 Å². The van der Waals surface area contributed by atoms with Crippen LogP contribution < -0.4 is 11.1 Å². The van der Waals surface area contributed by atoms with E-state index in [1.807, 2.05) is 6.92 Å². The zero-order valence-corrected chi connectivity index (χ0v) is 11.6. The minimum absolute atomic E-state index is 0.311. The van der Waals surface area contributed by atoms with Crippen molar-refractivity contribution in [3.8, 4) is 0 Å². The van der Waals surface area contributed by atoms with Crippen molar-refractivity contribution in [3.63, 3.8) is 0 Å². The molecule has 1 rings (SSSR count). The third-order valence-corrected chi connectivity index (χ3v) is 2.65. The van der Waals surface area contributed by atoms with Crippen molar-refractivity contribution in [3.05, 3.63) is 22.2 Å². The molecular formula is C11H12BrF3N2O2. The molecule has 0 unspecified atom stereocenters. The van der Waals surface area contributed by atoms with Gasteiger partial charge in [0.05, 0.1) is 11.4 Å². The summed E-state index contributed by atoms with van der Waals surface area (Å²) in [6.45, 7) is -0.344. The number of halogens is 4. The number of nitrogens with two attached hydrogens (primary N) is 1. The number of aryl methyl sites for hydroxylation is 1. The van der Waals surface area contributed by atoms with Crippen molar-refractivity contribution < 1.29 is 22.7 Å². The van der Waals surface area contributed by atoms with Crippen LogP contribution in [0.2, 0.25) is 0 Å². The number of amides is 1. The lowest BCUT2D eigenvalue weighted by atomic mass is 10.2. The van der Waals surface area contributed by atoms with Gasteiger partial charge in [-0.3, -0.25) is 4.79 Å². The highest BCUT2D eigenvalue weighted by molar-refractivity contribution is 9.10. The molecule has 8 heteroatoms. The summed E-state index contributed by atoms with van der Waals surface area (Å²) in [5, 5.41) is 2.39. The van der Waals surface area contributed by atoms with E-state index in [-0.39, 0.29) is 0 Å². The highest BCUT2D eigenvalue weighted by Gasteiger charge is 2.27. The molecular weight excluding hydrogens is 329 g/mol. The fourth-order valence-electron chi connectivity index (χ4n) is 1.34. The Morgan fingerprint density at radius 3 is 2.63 bits per heavy atom. The van der Waals surface area contributed by atoms with Crippen molar-refractivity contribution in [1.29, 1.82) is 0 Å². The van der Waals surface area contributed by atoms with Gasteiger partial charge in [-0.15, -0.1) is 0 Å². The van der Waals surface area contributed by atoms with Crippen LogP contribution in [0, 0.1) is 6.92 Å². The highest BCUT2D eigenvalue weighted by Crippen LogP contribution is 2.30. The van der Waals surface area contributed by atoms with Crippen LogP contribution in [0.5, 0.6) is 0 Å². The van der Waals surface area contributed by atoms with Gasteiger partial charge in [0.15, 0.2) is 0 Å². The second-order valence-electron chi connectivity index (χ2n) is 3.87. The maximum atomic E-state index is 11.8. The van der Waals surface area contributed by atoms with E-state index < -0.39 is 25.3 Å². The summed E-state index contributed by atoms with van der Waals surface area (Å²) < 4.78 is 40.3. The quantitative estimate of drug-likeness (QED) is 0.828. The van der Waals surface area contributed by atoms with Gasteiger partial charge in [0.1, 0.15) is 13.2 Å². The van der Waals surface area contributed by atoms with Gasteiger partial charge in [-0.2, -0.15) is 13.2 Å². The number of hydrogen-bond donors (Lipinski definition) is 2. The minimum Gasteiger partial charge on any atom is -0.397 e. The van der Waals surface area contributed by atoms with Crippen molar-refractivity contribution in [2.45, 2.75) is 13.1 Å². The van der Waals surface area contributed by atoms with E-state index in [9.17, 15) is 18.0 Å². The number of hydrogen-bond acceptors (Lipinski definition) is 3. The van der Waals surface area contributed by atoms with E-state index in [4.69, 9.17) is 5.73 Å². The molecule has 0 bridgehead atoms. The largest absolute Gasteiger partial charge is 0.411 e. The van der Waals surface area contributed by atoms with Crippen LogP contribution in [-0.2, 0) is 9.53 Å². The lowest BCUT2D eigenvalue weighted by Crippen LogP contribution is -2.24. The summed E-state index contributed by atoms with van der Waals surface area (Å²) in [5.74, 6) is -0.708. The summed E-state index contributed by atoms with van der Waals surface area (Å²) >= 11 is 3.21. The lowest BCUT2D eigenvalue weighted by molar-refractivity contribution is -0.174.